The molecule has 1 aromatic carbocycles. The summed E-state index contributed by atoms with van der Waals surface area (Å²) in [5, 5.41) is 7.91. The van der Waals surface area contributed by atoms with E-state index in [1.807, 2.05) is 13.8 Å². The van der Waals surface area contributed by atoms with Crippen molar-refractivity contribution >= 4 is 44.1 Å². The molecule has 34 heavy (non-hydrogen) atoms. The molecule has 0 spiro atoms. The van der Waals surface area contributed by atoms with Gasteiger partial charge < -0.3 is 21.5 Å². The van der Waals surface area contributed by atoms with Crippen LogP contribution in [0.4, 0.5) is 27.7 Å². The first kappa shape index (κ1) is 23.2. The minimum atomic E-state index is -3.55. The highest BCUT2D eigenvalue weighted by Gasteiger charge is 2.22. The molecule has 0 radical (unpaired) electrons. The number of sulfone groups is 1. The molecule has 4 rings (SSSR count). The monoisotopic (exact) mass is 486 g/mol. The van der Waals surface area contributed by atoms with Crippen molar-refractivity contribution in [1.82, 2.24) is 24.7 Å². The van der Waals surface area contributed by atoms with E-state index in [0.717, 1.165) is 12.3 Å². The third-order valence-electron chi connectivity index (χ3n) is 5.06. The summed E-state index contributed by atoms with van der Waals surface area (Å²) < 4.78 is 44.8. The molecule has 0 atom stereocenters. The summed E-state index contributed by atoms with van der Waals surface area (Å²) in [4.78, 5) is 12.8. The second-order valence-electron chi connectivity index (χ2n) is 7.87. The Morgan fingerprint density at radius 1 is 1.15 bits per heavy atom. The lowest BCUT2D eigenvalue weighted by atomic mass is 10.1. The number of hydrogen-bond acceptors (Lipinski definition) is 10. The minimum Gasteiger partial charge on any atom is -0.493 e. The summed E-state index contributed by atoms with van der Waals surface area (Å²) in [6.07, 6.45) is 2.55. The number of rotatable bonds is 6. The lowest BCUT2D eigenvalue weighted by Crippen LogP contribution is -2.07. The maximum absolute atomic E-state index is 14.6. The summed E-state index contributed by atoms with van der Waals surface area (Å²) in [5.74, 6) is -0.0203. The number of pyridine rings is 1. The number of nitrogens with one attached hydrogen (secondary N) is 1. The van der Waals surface area contributed by atoms with E-state index in [4.69, 9.17) is 16.2 Å². The molecule has 5 N–H and O–H groups in total. The fourth-order valence-electron chi connectivity index (χ4n) is 3.38. The van der Waals surface area contributed by atoms with Crippen LogP contribution in [0, 0.1) is 5.82 Å². The van der Waals surface area contributed by atoms with Crippen molar-refractivity contribution in [2.75, 3.05) is 30.1 Å². The molecule has 0 saturated carbocycles. The van der Waals surface area contributed by atoms with Crippen LogP contribution in [-0.4, -0.2) is 46.5 Å². The van der Waals surface area contributed by atoms with Gasteiger partial charge in [-0.2, -0.15) is 15.1 Å². The molecule has 0 aliphatic rings. The smallest absolute Gasteiger partial charge is 0.231 e. The highest BCUT2D eigenvalue weighted by atomic mass is 32.2. The van der Waals surface area contributed by atoms with Gasteiger partial charge in [0.05, 0.1) is 23.1 Å². The average Bonchev–Trinajstić information content (AvgIpc) is 3.15. The first-order chi connectivity index (χ1) is 16.0. The molecule has 0 aliphatic carbocycles. The topological polar surface area (TPSA) is 164 Å². The van der Waals surface area contributed by atoms with Crippen LogP contribution in [0.1, 0.15) is 19.9 Å². The second-order valence-corrected chi connectivity index (χ2v) is 9.88. The molecule has 0 fully saturated rings. The number of hydrogen-bond donors (Lipinski definition) is 3. The van der Waals surface area contributed by atoms with Crippen molar-refractivity contribution in [1.29, 1.82) is 0 Å². The van der Waals surface area contributed by atoms with Gasteiger partial charge in [-0.3, -0.25) is 0 Å². The number of benzene rings is 1. The van der Waals surface area contributed by atoms with E-state index in [9.17, 15) is 12.8 Å². The van der Waals surface area contributed by atoms with Gasteiger partial charge in [-0.25, -0.2) is 22.5 Å². The molecule has 3 heterocycles. The van der Waals surface area contributed by atoms with Gasteiger partial charge in [-0.1, -0.05) is 0 Å². The van der Waals surface area contributed by atoms with Crippen molar-refractivity contribution in [2.45, 2.75) is 24.8 Å². The number of nitrogens with two attached hydrogens (primary N) is 2. The normalized spacial score (nSPS) is 11.8. The van der Waals surface area contributed by atoms with Crippen LogP contribution >= 0.6 is 0 Å². The molecule has 0 aliphatic heterocycles. The predicted octanol–water partition coefficient (Wildman–Crippen LogP) is 2.93. The van der Waals surface area contributed by atoms with E-state index in [0.29, 0.717) is 28.0 Å². The molecule has 3 aromatic heterocycles. The largest absolute Gasteiger partial charge is 0.493 e. The molecule has 11 nitrogen and oxygen atoms in total. The zero-order valence-corrected chi connectivity index (χ0v) is 19.7. The standard InChI is InChI=1S/C21H23FN8O3S/c1-10(2)30-20-16(17(29-30)11-7-15(33-3)18(23)25-9-11)19(24)27-21(28-20)26-14-6-5-12(8-13(14)22)34(4,31)32/h5-10H,1-4H3,(H2,23,25)(H3,24,26,27,28). The van der Waals surface area contributed by atoms with E-state index < -0.39 is 15.7 Å². The number of aromatic nitrogens is 5. The van der Waals surface area contributed by atoms with Crippen molar-refractivity contribution in [3.63, 3.8) is 0 Å². The van der Waals surface area contributed by atoms with Gasteiger partial charge in [-0.15, -0.1) is 0 Å². The van der Waals surface area contributed by atoms with Crippen molar-refractivity contribution in [3.05, 3.63) is 36.3 Å². The van der Waals surface area contributed by atoms with Crippen LogP contribution < -0.4 is 21.5 Å². The Labute approximate surface area is 194 Å². The highest BCUT2D eigenvalue weighted by Crippen LogP contribution is 2.35. The van der Waals surface area contributed by atoms with Crippen molar-refractivity contribution in [2.24, 2.45) is 0 Å². The van der Waals surface area contributed by atoms with Gasteiger partial charge >= 0.3 is 0 Å². The fourth-order valence-corrected chi connectivity index (χ4v) is 4.01. The van der Waals surface area contributed by atoms with Crippen LogP contribution in [0.3, 0.4) is 0 Å². The number of nitrogens with zero attached hydrogens (tertiary/aromatic N) is 5. The molecule has 0 bridgehead atoms. The number of anilines is 4. The van der Waals surface area contributed by atoms with Gasteiger partial charge in [0, 0.05) is 24.1 Å². The SMILES string of the molecule is COc1cc(-c2nn(C(C)C)c3nc(Nc4ccc(S(C)(=O)=O)cc4F)nc(N)c23)cnc1N. The van der Waals surface area contributed by atoms with Gasteiger partial charge in [0.2, 0.25) is 5.95 Å². The van der Waals surface area contributed by atoms with Crippen LogP contribution in [-0.2, 0) is 9.84 Å². The van der Waals surface area contributed by atoms with Gasteiger partial charge in [-0.05, 0) is 38.1 Å². The van der Waals surface area contributed by atoms with Crippen LogP contribution in [0.15, 0.2) is 35.4 Å². The maximum atomic E-state index is 14.6. The van der Waals surface area contributed by atoms with E-state index in [2.05, 4.69) is 25.4 Å². The minimum absolute atomic E-state index is 0.00513. The predicted molar refractivity (Wildman–Crippen MR) is 127 cm³/mol. The van der Waals surface area contributed by atoms with E-state index in [-0.39, 0.29) is 34.2 Å². The van der Waals surface area contributed by atoms with Gasteiger partial charge in [0.15, 0.2) is 27.1 Å². The zero-order chi connectivity index (χ0) is 24.8. The summed E-state index contributed by atoms with van der Waals surface area (Å²) >= 11 is 0. The summed E-state index contributed by atoms with van der Waals surface area (Å²) in [5.41, 5.74) is 13.6. The van der Waals surface area contributed by atoms with Crippen LogP contribution in [0.5, 0.6) is 5.75 Å². The molecular weight excluding hydrogens is 463 g/mol. The fraction of sp³-hybridized carbons (Fsp3) is 0.238. The Morgan fingerprint density at radius 3 is 2.50 bits per heavy atom. The van der Waals surface area contributed by atoms with E-state index in [1.54, 1.807) is 16.9 Å². The van der Waals surface area contributed by atoms with E-state index in [1.165, 1.54) is 19.2 Å². The average molecular weight is 487 g/mol. The Bertz CT molecular complexity index is 1520. The lowest BCUT2D eigenvalue weighted by Gasteiger charge is -2.10. The third-order valence-corrected chi connectivity index (χ3v) is 6.17. The Kier molecular flexibility index (Phi) is 5.73. The summed E-state index contributed by atoms with van der Waals surface area (Å²) in [7, 11) is -2.06. The Hall–Kier alpha value is -4.00. The first-order valence-electron chi connectivity index (χ1n) is 10.1. The number of halogens is 1. The quantitative estimate of drug-likeness (QED) is 0.369. The molecule has 13 heteroatoms. The number of ether oxygens (including phenoxy) is 1. The highest BCUT2D eigenvalue weighted by molar-refractivity contribution is 7.90. The van der Waals surface area contributed by atoms with Crippen molar-refractivity contribution in [3.8, 4) is 17.0 Å². The van der Waals surface area contributed by atoms with Crippen LogP contribution in [0.25, 0.3) is 22.3 Å². The Balaban J connectivity index is 1.83. The second kappa shape index (κ2) is 8.41. The molecule has 0 saturated heterocycles. The number of nitrogen functional groups attached to an aromatic ring is 2. The summed E-state index contributed by atoms with van der Waals surface area (Å²) in [6, 6.07) is 5.12. The molecule has 0 unspecified atom stereocenters. The zero-order valence-electron chi connectivity index (χ0n) is 18.9. The molecular formula is C21H23FN8O3S. The number of fused-ring (bicyclic) bond motifs is 1. The third kappa shape index (κ3) is 4.17. The first-order valence-corrected chi connectivity index (χ1v) is 12.0. The summed E-state index contributed by atoms with van der Waals surface area (Å²) in [6.45, 7) is 3.85. The molecule has 178 valence electrons. The van der Waals surface area contributed by atoms with Crippen molar-refractivity contribution < 1.29 is 17.5 Å². The maximum Gasteiger partial charge on any atom is 0.231 e. The van der Waals surface area contributed by atoms with Gasteiger partial charge in [0.25, 0.3) is 0 Å². The number of methoxy groups -OCH3 is 1. The molecule has 0 amide bonds. The van der Waals surface area contributed by atoms with Gasteiger partial charge in [0.1, 0.15) is 17.3 Å². The van der Waals surface area contributed by atoms with Crippen LogP contribution in [0.2, 0.25) is 0 Å². The van der Waals surface area contributed by atoms with E-state index >= 15 is 0 Å². The lowest BCUT2D eigenvalue weighted by molar-refractivity contribution is 0.415. The molecule has 4 aromatic rings. The Morgan fingerprint density at radius 2 is 1.88 bits per heavy atom.